The first-order chi connectivity index (χ1) is 12.9. The number of piperazine rings is 1. The van der Waals surface area contributed by atoms with Crippen LogP contribution in [-0.4, -0.2) is 87.3 Å². The highest BCUT2D eigenvalue weighted by Crippen LogP contribution is 2.18. The molecule has 7 nitrogen and oxygen atoms in total. The Morgan fingerprint density at radius 3 is 2.22 bits per heavy atom. The van der Waals surface area contributed by atoms with Crippen molar-refractivity contribution in [2.45, 2.75) is 30.7 Å². The third-order valence-corrected chi connectivity index (χ3v) is 7.45. The van der Waals surface area contributed by atoms with Gasteiger partial charge in [0.25, 0.3) is 5.91 Å². The summed E-state index contributed by atoms with van der Waals surface area (Å²) >= 11 is 0. The number of hydrogen-bond acceptors (Lipinski definition) is 5. The van der Waals surface area contributed by atoms with Crippen molar-refractivity contribution in [2.24, 2.45) is 0 Å². The van der Waals surface area contributed by atoms with Crippen LogP contribution in [-0.2, 0) is 10.0 Å². The Morgan fingerprint density at radius 2 is 1.63 bits per heavy atom. The van der Waals surface area contributed by atoms with Gasteiger partial charge in [0.2, 0.25) is 10.0 Å². The van der Waals surface area contributed by atoms with E-state index in [0.29, 0.717) is 31.2 Å². The third kappa shape index (κ3) is 4.87. The molecule has 1 aromatic carbocycles. The van der Waals surface area contributed by atoms with Crippen LogP contribution in [0.4, 0.5) is 0 Å². The van der Waals surface area contributed by atoms with Gasteiger partial charge in [-0.15, -0.1) is 0 Å². The quantitative estimate of drug-likeness (QED) is 0.774. The van der Waals surface area contributed by atoms with Gasteiger partial charge in [-0.2, -0.15) is 4.31 Å². The lowest BCUT2D eigenvalue weighted by atomic mass is 10.2. The number of likely N-dealkylation sites (N-methyl/N-ethyl adjacent to an activating group) is 1. The van der Waals surface area contributed by atoms with Crippen LogP contribution >= 0.6 is 0 Å². The van der Waals surface area contributed by atoms with E-state index in [-0.39, 0.29) is 10.8 Å². The smallest absolute Gasteiger partial charge is 0.251 e. The molecule has 2 aliphatic heterocycles. The predicted octanol–water partition coefficient (Wildman–Crippen LogP) is 0.837. The van der Waals surface area contributed by atoms with E-state index in [1.807, 2.05) is 7.05 Å². The third-order valence-electron chi connectivity index (χ3n) is 5.54. The molecule has 0 saturated carbocycles. The first kappa shape index (κ1) is 20.3. The minimum absolute atomic E-state index is 0.162. The van der Waals surface area contributed by atoms with Gasteiger partial charge < -0.3 is 10.2 Å². The average molecular weight is 395 g/mol. The molecule has 1 N–H and O–H groups in total. The minimum Gasteiger partial charge on any atom is -0.350 e. The predicted molar refractivity (Wildman–Crippen MR) is 105 cm³/mol. The minimum atomic E-state index is -3.50. The summed E-state index contributed by atoms with van der Waals surface area (Å²) in [5, 5.41) is 2.96. The maximum atomic E-state index is 12.7. The van der Waals surface area contributed by atoms with Crippen molar-refractivity contribution in [2.75, 3.05) is 52.9 Å². The van der Waals surface area contributed by atoms with Gasteiger partial charge in [-0.25, -0.2) is 8.42 Å². The summed E-state index contributed by atoms with van der Waals surface area (Å²) in [7, 11) is -1.51. The summed E-state index contributed by atoms with van der Waals surface area (Å²) in [6, 6.07) is 6.57. The molecule has 0 aromatic heterocycles. The van der Waals surface area contributed by atoms with E-state index in [0.717, 1.165) is 26.2 Å². The number of hydrogen-bond donors (Lipinski definition) is 1. The van der Waals surface area contributed by atoms with Crippen LogP contribution in [0.2, 0.25) is 0 Å². The summed E-state index contributed by atoms with van der Waals surface area (Å²) in [5.41, 5.74) is 0.487. The van der Waals surface area contributed by atoms with Crippen molar-refractivity contribution in [1.82, 2.24) is 19.4 Å². The Hall–Kier alpha value is -1.48. The number of carbonyl (C=O) groups is 1. The molecule has 27 heavy (non-hydrogen) atoms. The molecule has 2 saturated heterocycles. The number of carbonyl (C=O) groups excluding carboxylic acids is 1. The van der Waals surface area contributed by atoms with Gasteiger partial charge in [-0.1, -0.05) is 0 Å². The van der Waals surface area contributed by atoms with E-state index in [2.05, 4.69) is 22.0 Å². The highest BCUT2D eigenvalue weighted by molar-refractivity contribution is 7.89. The van der Waals surface area contributed by atoms with Gasteiger partial charge in [-0.3, -0.25) is 9.69 Å². The van der Waals surface area contributed by atoms with Gasteiger partial charge in [-0.05, 0) is 64.2 Å². The molecular weight excluding hydrogens is 364 g/mol. The second kappa shape index (κ2) is 8.68. The van der Waals surface area contributed by atoms with E-state index in [9.17, 15) is 13.2 Å². The zero-order valence-corrected chi connectivity index (χ0v) is 17.0. The molecule has 1 amide bonds. The van der Waals surface area contributed by atoms with E-state index in [1.54, 1.807) is 12.1 Å². The number of benzene rings is 1. The molecule has 0 radical (unpaired) electrons. The van der Waals surface area contributed by atoms with E-state index in [1.165, 1.54) is 29.3 Å². The second-order valence-corrected chi connectivity index (χ2v) is 9.47. The molecule has 2 heterocycles. The number of nitrogens with one attached hydrogen (secondary N) is 1. The SMILES string of the molecule is CC(CNC(=O)c1ccc(S(=O)(=O)N2CCN(C)CC2)cc1)N1CCCC1. The highest BCUT2D eigenvalue weighted by Gasteiger charge is 2.27. The van der Waals surface area contributed by atoms with Crippen LogP contribution in [0.15, 0.2) is 29.2 Å². The Morgan fingerprint density at radius 1 is 1.04 bits per heavy atom. The van der Waals surface area contributed by atoms with Crippen LogP contribution in [0.1, 0.15) is 30.1 Å². The average Bonchev–Trinajstić information content (AvgIpc) is 3.21. The van der Waals surface area contributed by atoms with Gasteiger partial charge in [0.15, 0.2) is 0 Å². The first-order valence-electron chi connectivity index (χ1n) is 9.69. The maximum absolute atomic E-state index is 12.7. The zero-order valence-electron chi connectivity index (χ0n) is 16.2. The zero-order chi connectivity index (χ0) is 19.4. The fourth-order valence-electron chi connectivity index (χ4n) is 3.61. The van der Waals surface area contributed by atoms with Crippen LogP contribution < -0.4 is 5.32 Å². The molecular formula is C19H30N4O3S. The maximum Gasteiger partial charge on any atom is 0.251 e. The van der Waals surface area contributed by atoms with Crippen LogP contribution in [0.3, 0.4) is 0 Å². The fourth-order valence-corrected chi connectivity index (χ4v) is 5.03. The number of nitrogens with zero attached hydrogens (tertiary/aromatic N) is 3. The van der Waals surface area contributed by atoms with Crippen LogP contribution in [0.5, 0.6) is 0 Å². The standard InChI is InChI=1S/C19H30N4O3S/c1-16(22-9-3-4-10-22)15-20-19(24)17-5-7-18(8-6-17)27(25,26)23-13-11-21(2)12-14-23/h5-8,16H,3-4,9-15H2,1-2H3,(H,20,24). The lowest BCUT2D eigenvalue weighted by Crippen LogP contribution is -2.47. The monoisotopic (exact) mass is 394 g/mol. The normalized spacial score (nSPS) is 21.3. The Kier molecular flexibility index (Phi) is 6.52. The van der Waals surface area contributed by atoms with E-state index >= 15 is 0 Å². The summed E-state index contributed by atoms with van der Waals surface area (Å²) in [5.74, 6) is -0.162. The molecule has 0 aliphatic carbocycles. The fraction of sp³-hybridized carbons (Fsp3) is 0.632. The van der Waals surface area contributed by atoms with Crippen LogP contribution in [0, 0.1) is 0 Å². The number of likely N-dealkylation sites (tertiary alicyclic amines) is 1. The number of rotatable bonds is 6. The molecule has 8 heteroatoms. The largest absolute Gasteiger partial charge is 0.350 e. The van der Waals surface area contributed by atoms with Crippen LogP contribution in [0.25, 0.3) is 0 Å². The van der Waals surface area contributed by atoms with E-state index in [4.69, 9.17) is 0 Å². The van der Waals surface area contributed by atoms with Gasteiger partial charge in [0.05, 0.1) is 4.90 Å². The molecule has 150 valence electrons. The van der Waals surface area contributed by atoms with Crippen molar-refractivity contribution >= 4 is 15.9 Å². The molecule has 0 bridgehead atoms. The Bertz CT molecular complexity index is 737. The van der Waals surface area contributed by atoms with Gasteiger partial charge in [0.1, 0.15) is 0 Å². The topological polar surface area (TPSA) is 73.0 Å². The molecule has 1 unspecified atom stereocenters. The van der Waals surface area contributed by atoms with E-state index < -0.39 is 10.0 Å². The van der Waals surface area contributed by atoms with Crippen molar-refractivity contribution in [3.8, 4) is 0 Å². The number of amides is 1. The second-order valence-electron chi connectivity index (χ2n) is 7.53. The van der Waals surface area contributed by atoms with Crippen molar-refractivity contribution in [1.29, 1.82) is 0 Å². The van der Waals surface area contributed by atoms with Crippen molar-refractivity contribution < 1.29 is 13.2 Å². The molecule has 3 rings (SSSR count). The number of sulfonamides is 1. The molecule has 2 fully saturated rings. The first-order valence-corrected chi connectivity index (χ1v) is 11.1. The van der Waals surface area contributed by atoms with Crippen molar-refractivity contribution in [3.05, 3.63) is 29.8 Å². The Balaban J connectivity index is 1.58. The summed E-state index contributed by atoms with van der Waals surface area (Å²) in [6.07, 6.45) is 2.45. The summed E-state index contributed by atoms with van der Waals surface area (Å²) < 4.78 is 27.0. The lowest BCUT2D eigenvalue weighted by molar-refractivity contribution is 0.0940. The molecule has 1 atom stereocenters. The van der Waals surface area contributed by atoms with Gasteiger partial charge >= 0.3 is 0 Å². The van der Waals surface area contributed by atoms with Gasteiger partial charge in [0, 0.05) is 44.3 Å². The highest BCUT2D eigenvalue weighted by atomic mass is 32.2. The molecule has 1 aromatic rings. The Labute approximate surface area is 162 Å². The van der Waals surface area contributed by atoms with Crippen molar-refractivity contribution in [3.63, 3.8) is 0 Å². The molecule has 0 spiro atoms. The lowest BCUT2D eigenvalue weighted by Gasteiger charge is -2.31. The summed E-state index contributed by atoms with van der Waals surface area (Å²) in [4.78, 5) is 17.1. The molecule has 2 aliphatic rings. The summed E-state index contributed by atoms with van der Waals surface area (Å²) in [6.45, 7) is 7.36.